The quantitative estimate of drug-likeness (QED) is 0.857. The van der Waals surface area contributed by atoms with E-state index in [9.17, 15) is 0 Å². The Labute approximate surface area is 120 Å². The van der Waals surface area contributed by atoms with Gasteiger partial charge in [-0.3, -0.25) is 14.3 Å². The van der Waals surface area contributed by atoms with Crippen LogP contribution >= 0.6 is 0 Å². The van der Waals surface area contributed by atoms with Crippen LogP contribution < -0.4 is 5.73 Å². The van der Waals surface area contributed by atoms with Crippen LogP contribution in [0, 0.1) is 0 Å². The summed E-state index contributed by atoms with van der Waals surface area (Å²) in [5, 5.41) is 8.48. The summed E-state index contributed by atoms with van der Waals surface area (Å²) in [5.41, 5.74) is 8.67. The molecule has 0 spiro atoms. The van der Waals surface area contributed by atoms with E-state index in [0.717, 1.165) is 18.5 Å². The van der Waals surface area contributed by atoms with E-state index in [0.29, 0.717) is 0 Å². The van der Waals surface area contributed by atoms with Crippen LogP contribution in [-0.4, -0.2) is 37.6 Å². The van der Waals surface area contributed by atoms with Crippen molar-refractivity contribution in [2.45, 2.75) is 32.0 Å². The number of hydrogen-bond acceptors (Lipinski definition) is 4. The fourth-order valence-corrected chi connectivity index (χ4v) is 2.58. The smallest absolute Gasteiger partial charge is 0.0538 e. The molecule has 2 N–H and O–H groups in total. The van der Waals surface area contributed by atoms with Crippen LogP contribution in [0.5, 0.6) is 0 Å². The van der Waals surface area contributed by atoms with Crippen molar-refractivity contribution in [2.75, 3.05) is 7.05 Å². The van der Waals surface area contributed by atoms with E-state index < -0.39 is 0 Å². The third-order valence-electron chi connectivity index (χ3n) is 3.61. The molecule has 0 amide bonds. The van der Waals surface area contributed by atoms with E-state index in [2.05, 4.69) is 29.1 Å². The number of likely N-dealkylation sites (N-methyl/N-ethyl adjacent to an activating group) is 1. The first kappa shape index (κ1) is 14.7. The predicted octanol–water partition coefficient (Wildman–Crippen LogP) is 1.06. The third-order valence-corrected chi connectivity index (χ3v) is 3.61. The van der Waals surface area contributed by atoms with Crippen molar-refractivity contribution in [3.05, 3.63) is 35.9 Å². The number of aryl methyl sites for hydroxylation is 2. The molecule has 2 unspecified atom stereocenters. The topological polar surface area (TPSA) is 64.9 Å². The minimum Gasteiger partial charge on any atom is -0.326 e. The monoisotopic (exact) mass is 276 g/mol. The zero-order chi connectivity index (χ0) is 14.7. The number of nitrogens with two attached hydrogens (primary N) is 1. The third kappa shape index (κ3) is 3.26. The van der Waals surface area contributed by atoms with E-state index >= 15 is 0 Å². The van der Waals surface area contributed by atoms with Crippen LogP contribution in [0.3, 0.4) is 0 Å². The second-order valence-electron chi connectivity index (χ2n) is 5.40. The van der Waals surface area contributed by atoms with Crippen molar-refractivity contribution in [1.82, 2.24) is 24.5 Å². The Hall–Kier alpha value is -1.66. The summed E-state index contributed by atoms with van der Waals surface area (Å²) in [7, 11) is 5.96. The lowest BCUT2D eigenvalue weighted by molar-refractivity contribution is 0.201. The molecular formula is C14H24N6. The Balaban J connectivity index is 2.17. The minimum absolute atomic E-state index is 0.0841. The van der Waals surface area contributed by atoms with E-state index in [1.165, 1.54) is 5.56 Å². The molecule has 0 aliphatic carbocycles. The maximum Gasteiger partial charge on any atom is 0.0538 e. The van der Waals surface area contributed by atoms with Crippen molar-refractivity contribution in [3.63, 3.8) is 0 Å². The summed E-state index contributed by atoms with van der Waals surface area (Å²) in [6.45, 7) is 2.94. The van der Waals surface area contributed by atoms with Gasteiger partial charge in [0.25, 0.3) is 0 Å². The lowest BCUT2D eigenvalue weighted by atomic mass is 9.99. The van der Waals surface area contributed by atoms with Crippen molar-refractivity contribution in [1.29, 1.82) is 0 Å². The molecule has 0 radical (unpaired) electrons. The summed E-state index contributed by atoms with van der Waals surface area (Å²) >= 11 is 0. The summed E-state index contributed by atoms with van der Waals surface area (Å²) in [6.07, 6.45) is 8.80. The zero-order valence-corrected chi connectivity index (χ0v) is 12.7. The summed E-state index contributed by atoms with van der Waals surface area (Å²) < 4.78 is 3.64. The highest BCUT2D eigenvalue weighted by Crippen LogP contribution is 2.24. The van der Waals surface area contributed by atoms with Crippen molar-refractivity contribution < 1.29 is 0 Å². The van der Waals surface area contributed by atoms with Gasteiger partial charge in [-0.2, -0.15) is 10.2 Å². The van der Waals surface area contributed by atoms with Crippen molar-refractivity contribution in [3.8, 4) is 0 Å². The first-order valence-corrected chi connectivity index (χ1v) is 6.93. The van der Waals surface area contributed by atoms with Gasteiger partial charge >= 0.3 is 0 Å². The maximum absolute atomic E-state index is 6.32. The molecule has 0 aromatic carbocycles. The second kappa shape index (κ2) is 6.19. The van der Waals surface area contributed by atoms with Crippen LogP contribution in [0.2, 0.25) is 0 Å². The van der Waals surface area contributed by atoms with Gasteiger partial charge in [0.2, 0.25) is 0 Å². The molecule has 0 aliphatic rings. The lowest BCUT2D eigenvalue weighted by Crippen LogP contribution is -2.38. The summed E-state index contributed by atoms with van der Waals surface area (Å²) in [4.78, 5) is 2.27. The summed E-state index contributed by atoms with van der Waals surface area (Å²) in [5.74, 6) is 0. The van der Waals surface area contributed by atoms with Gasteiger partial charge in [0.1, 0.15) is 0 Å². The standard InChI is InChI=1S/C14H24N6/c1-5-13(15)14(12-7-17-20(4)10-12)18(2)8-11-6-16-19(3)9-11/h6-7,9-10,13-14H,5,8,15H2,1-4H3. The zero-order valence-electron chi connectivity index (χ0n) is 12.7. The minimum atomic E-state index is 0.0841. The highest BCUT2D eigenvalue weighted by molar-refractivity contribution is 5.14. The predicted molar refractivity (Wildman–Crippen MR) is 78.9 cm³/mol. The molecule has 0 saturated carbocycles. The first-order valence-electron chi connectivity index (χ1n) is 6.93. The molecule has 110 valence electrons. The van der Waals surface area contributed by atoms with Gasteiger partial charge in [-0.05, 0) is 13.5 Å². The van der Waals surface area contributed by atoms with Gasteiger partial charge < -0.3 is 5.73 Å². The number of nitrogens with zero attached hydrogens (tertiary/aromatic N) is 5. The Kier molecular flexibility index (Phi) is 4.57. The fourth-order valence-electron chi connectivity index (χ4n) is 2.58. The average molecular weight is 276 g/mol. The highest BCUT2D eigenvalue weighted by atomic mass is 15.3. The Bertz CT molecular complexity index is 543. The molecule has 2 heterocycles. The van der Waals surface area contributed by atoms with E-state index in [1.54, 1.807) is 0 Å². The fraction of sp³-hybridized carbons (Fsp3) is 0.571. The highest BCUT2D eigenvalue weighted by Gasteiger charge is 2.24. The molecule has 0 fully saturated rings. The molecule has 2 aromatic rings. The molecule has 2 aromatic heterocycles. The average Bonchev–Trinajstić information content (AvgIpc) is 2.99. The van der Waals surface area contributed by atoms with Gasteiger partial charge in [-0.25, -0.2) is 0 Å². The molecule has 2 atom stereocenters. The molecule has 2 rings (SSSR count). The van der Waals surface area contributed by atoms with E-state index in [-0.39, 0.29) is 12.1 Å². The normalized spacial score (nSPS) is 14.7. The molecule has 0 bridgehead atoms. The number of rotatable bonds is 6. The SMILES string of the molecule is CCC(N)C(c1cnn(C)c1)N(C)Cc1cnn(C)c1. The van der Waals surface area contributed by atoms with Crippen LogP contribution in [0.1, 0.15) is 30.5 Å². The first-order chi connectivity index (χ1) is 9.51. The molecule has 0 aliphatic heterocycles. The van der Waals surface area contributed by atoms with E-state index in [1.807, 2.05) is 48.2 Å². The van der Waals surface area contributed by atoms with Gasteiger partial charge in [0.15, 0.2) is 0 Å². The van der Waals surface area contributed by atoms with Crippen LogP contribution in [-0.2, 0) is 20.6 Å². The number of hydrogen-bond donors (Lipinski definition) is 1. The van der Waals surface area contributed by atoms with Crippen LogP contribution in [0.4, 0.5) is 0 Å². The molecule has 6 nitrogen and oxygen atoms in total. The molecular weight excluding hydrogens is 252 g/mol. The molecule has 0 saturated heterocycles. The maximum atomic E-state index is 6.32. The van der Waals surface area contributed by atoms with E-state index in [4.69, 9.17) is 5.73 Å². The van der Waals surface area contributed by atoms with Gasteiger partial charge in [0.05, 0.1) is 18.4 Å². The lowest BCUT2D eigenvalue weighted by Gasteiger charge is -2.31. The van der Waals surface area contributed by atoms with Crippen LogP contribution in [0.15, 0.2) is 24.8 Å². The molecule has 20 heavy (non-hydrogen) atoms. The summed E-state index contributed by atoms with van der Waals surface area (Å²) in [6, 6.07) is 0.245. The Morgan fingerprint density at radius 2 is 1.85 bits per heavy atom. The molecule has 6 heteroatoms. The van der Waals surface area contributed by atoms with Gasteiger partial charge in [-0.1, -0.05) is 6.92 Å². The van der Waals surface area contributed by atoms with Crippen LogP contribution in [0.25, 0.3) is 0 Å². The van der Waals surface area contributed by atoms with Gasteiger partial charge in [-0.15, -0.1) is 0 Å². The van der Waals surface area contributed by atoms with Crippen molar-refractivity contribution in [2.24, 2.45) is 19.8 Å². The van der Waals surface area contributed by atoms with Gasteiger partial charge in [0, 0.05) is 50.2 Å². The Morgan fingerprint density at radius 1 is 1.20 bits per heavy atom. The number of aromatic nitrogens is 4. The second-order valence-corrected chi connectivity index (χ2v) is 5.40. The largest absolute Gasteiger partial charge is 0.326 e. The Morgan fingerprint density at radius 3 is 2.35 bits per heavy atom. The van der Waals surface area contributed by atoms with Crippen molar-refractivity contribution >= 4 is 0 Å².